The fourth-order valence-electron chi connectivity index (χ4n) is 7.63. The molecular weight excluding hydrogens is 842 g/mol. The van der Waals surface area contributed by atoms with Gasteiger partial charge in [0.05, 0.1) is 34.4 Å². The van der Waals surface area contributed by atoms with Crippen molar-refractivity contribution in [3.63, 3.8) is 0 Å². The Morgan fingerprint density at radius 2 is 0.879 bits per heavy atom. The lowest BCUT2D eigenvalue weighted by molar-refractivity contribution is -0.870. The molecule has 0 aliphatic rings. The lowest BCUT2D eigenvalue weighted by atomic mass is 10.0. The Bertz CT molecular complexity index is 1240. The van der Waals surface area contributed by atoms with Crippen molar-refractivity contribution in [2.24, 2.45) is 0 Å². The van der Waals surface area contributed by atoms with Gasteiger partial charge >= 0.3 is 5.97 Å². The fraction of sp³-hybridized carbons (Fsp3) is 0.807. The molecule has 9 heteroatoms. The molecular formula is C57H106NO7P. The monoisotopic (exact) mass is 948 g/mol. The topological polar surface area (TPSA) is 94.1 Å². The van der Waals surface area contributed by atoms with Crippen LogP contribution in [0.15, 0.2) is 60.8 Å². The van der Waals surface area contributed by atoms with Crippen LogP contribution < -0.4 is 4.89 Å². The van der Waals surface area contributed by atoms with Crippen molar-refractivity contribution in [2.75, 3.05) is 54.1 Å². The average Bonchev–Trinajstić information content (AvgIpc) is 3.28. The van der Waals surface area contributed by atoms with E-state index >= 15 is 0 Å². The van der Waals surface area contributed by atoms with Gasteiger partial charge in [0.2, 0.25) is 0 Å². The van der Waals surface area contributed by atoms with E-state index in [-0.39, 0.29) is 25.8 Å². The smallest absolute Gasteiger partial charge is 0.306 e. The summed E-state index contributed by atoms with van der Waals surface area (Å²) in [6, 6.07) is 0. The highest BCUT2D eigenvalue weighted by atomic mass is 31.2. The van der Waals surface area contributed by atoms with Crippen LogP contribution in [-0.4, -0.2) is 70.7 Å². The highest BCUT2D eigenvalue weighted by Gasteiger charge is 2.20. The summed E-state index contributed by atoms with van der Waals surface area (Å²) in [5.41, 5.74) is 0. The predicted octanol–water partition coefficient (Wildman–Crippen LogP) is 16.6. The zero-order valence-corrected chi connectivity index (χ0v) is 44.8. The molecule has 2 atom stereocenters. The third-order valence-electron chi connectivity index (χ3n) is 11.8. The summed E-state index contributed by atoms with van der Waals surface area (Å²) in [5.74, 6) is -0.340. The summed E-state index contributed by atoms with van der Waals surface area (Å²) in [4.78, 5) is 25.2. The molecule has 0 aromatic rings. The number of likely N-dealkylation sites (N-methyl/N-ethyl adjacent to an activating group) is 1. The number of rotatable bonds is 51. The molecule has 0 fully saturated rings. The van der Waals surface area contributed by atoms with Gasteiger partial charge in [0, 0.05) is 13.0 Å². The molecule has 8 nitrogen and oxygen atoms in total. The first-order valence-electron chi connectivity index (χ1n) is 27.5. The number of phosphoric ester groups is 1. The number of hydrogen-bond donors (Lipinski definition) is 0. The minimum Gasteiger partial charge on any atom is -0.756 e. The summed E-state index contributed by atoms with van der Waals surface area (Å²) in [7, 11) is 1.34. The Kier molecular flexibility index (Phi) is 48.3. The molecule has 0 N–H and O–H groups in total. The molecule has 0 aromatic heterocycles. The zero-order valence-electron chi connectivity index (χ0n) is 43.9. The van der Waals surface area contributed by atoms with Crippen LogP contribution in [0.1, 0.15) is 239 Å². The predicted molar refractivity (Wildman–Crippen MR) is 282 cm³/mol. The first kappa shape index (κ1) is 64.2. The SMILES string of the molecule is CC/C=C\C/C=C\C/C=C\C/C=C\C/C=C\CCCCCCOCC(COP(=O)([O-])OCC[N+](C)(C)C)OC(=O)CCCCCCCCCCCCCCCCCCCCCCCCCC. The summed E-state index contributed by atoms with van der Waals surface area (Å²) in [5, 5.41) is 0. The van der Waals surface area contributed by atoms with Crippen LogP contribution in [0.2, 0.25) is 0 Å². The third-order valence-corrected chi connectivity index (χ3v) is 12.8. The second-order valence-corrected chi connectivity index (χ2v) is 21.0. The zero-order chi connectivity index (χ0) is 48.3. The Labute approximate surface area is 409 Å². The number of esters is 1. The molecule has 0 aliphatic heterocycles. The van der Waals surface area contributed by atoms with Crippen LogP contribution in [-0.2, 0) is 27.9 Å². The minimum absolute atomic E-state index is 0.0197. The quantitative estimate of drug-likeness (QED) is 0.0197. The van der Waals surface area contributed by atoms with Gasteiger partial charge in [-0.3, -0.25) is 9.36 Å². The van der Waals surface area contributed by atoms with Crippen molar-refractivity contribution >= 4 is 13.8 Å². The van der Waals surface area contributed by atoms with Crippen molar-refractivity contribution in [3.05, 3.63) is 60.8 Å². The first-order valence-corrected chi connectivity index (χ1v) is 29.0. The van der Waals surface area contributed by atoms with Crippen molar-refractivity contribution in [1.82, 2.24) is 0 Å². The van der Waals surface area contributed by atoms with Crippen molar-refractivity contribution in [3.8, 4) is 0 Å². The molecule has 0 bridgehead atoms. The van der Waals surface area contributed by atoms with E-state index in [1.54, 1.807) is 0 Å². The van der Waals surface area contributed by atoms with Gasteiger partial charge in [-0.25, -0.2) is 0 Å². The molecule has 0 saturated heterocycles. The number of carbonyl (C=O) groups is 1. The third kappa shape index (κ3) is 53.2. The van der Waals surface area contributed by atoms with Crippen LogP contribution in [0.25, 0.3) is 0 Å². The Balaban J connectivity index is 4.12. The van der Waals surface area contributed by atoms with Crippen LogP contribution in [0.4, 0.5) is 0 Å². The lowest BCUT2D eigenvalue weighted by Crippen LogP contribution is -2.37. The van der Waals surface area contributed by atoms with Crippen LogP contribution >= 0.6 is 7.82 Å². The normalized spacial score (nSPS) is 14.0. The maximum atomic E-state index is 12.8. The highest BCUT2D eigenvalue weighted by Crippen LogP contribution is 2.38. The molecule has 0 radical (unpaired) electrons. The average molecular weight is 948 g/mol. The summed E-state index contributed by atoms with van der Waals surface area (Å²) in [6.07, 6.45) is 64.0. The number of allylic oxidation sites excluding steroid dienone is 10. The fourth-order valence-corrected chi connectivity index (χ4v) is 8.36. The Morgan fingerprint density at radius 3 is 1.32 bits per heavy atom. The number of unbranched alkanes of at least 4 members (excludes halogenated alkanes) is 27. The Hall–Kier alpha value is -1.80. The molecule has 0 rings (SSSR count). The van der Waals surface area contributed by atoms with Gasteiger partial charge in [-0.1, -0.05) is 235 Å². The number of phosphoric acid groups is 1. The standard InChI is InChI=1S/C57H106NO7P/c1-6-8-10-12-14-16-18-20-22-24-26-28-29-30-31-32-34-36-38-40-42-44-46-48-50-57(59)65-56(55-64-66(60,61)63-53-51-58(3,4)5)54-62-52-49-47-45-43-41-39-37-35-33-27-25-23-21-19-17-15-13-11-9-7-2/h9,11,15,17,21,23,27,33,37,39,56H,6-8,10,12-14,16,18-20,22,24-26,28-32,34-36,38,40-55H2,1-5H3/b11-9-,17-15-,23-21-,33-27-,39-37-. The van der Waals surface area contributed by atoms with E-state index in [2.05, 4.69) is 74.6 Å². The summed E-state index contributed by atoms with van der Waals surface area (Å²) >= 11 is 0. The molecule has 386 valence electrons. The van der Waals surface area contributed by atoms with Gasteiger partial charge in [0.25, 0.3) is 7.82 Å². The molecule has 0 saturated carbocycles. The Morgan fingerprint density at radius 1 is 0.485 bits per heavy atom. The van der Waals surface area contributed by atoms with Gasteiger partial charge in [-0.05, 0) is 57.8 Å². The van der Waals surface area contributed by atoms with Gasteiger partial charge in [-0.15, -0.1) is 0 Å². The number of hydrogen-bond acceptors (Lipinski definition) is 7. The van der Waals surface area contributed by atoms with E-state index in [9.17, 15) is 14.3 Å². The number of ether oxygens (including phenoxy) is 2. The minimum atomic E-state index is -4.54. The van der Waals surface area contributed by atoms with Gasteiger partial charge in [0.1, 0.15) is 19.3 Å². The second kappa shape index (κ2) is 49.6. The number of quaternary nitrogens is 1. The molecule has 0 amide bonds. The molecule has 66 heavy (non-hydrogen) atoms. The highest BCUT2D eigenvalue weighted by molar-refractivity contribution is 7.45. The van der Waals surface area contributed by atoms with Crippen molar-refractivity contribution in [2.45, 2.75) is 245 Å². The number of nitrogens with zero attached hydrogens (tertiary/aromatic N) is 1. The molecule has 0 aliphatic carbocycles. The van der Waals surface area contributed by atoms with E-state index in [1.807, 2.05) is 21.1 Å². The molecule has 0 heterocycles. The van der Waals surface area contributed by atoms with Crippen molar-refractivity contribution < 1.29 is 37.3 Å². The van der Waals surface area contributed by atoms with E-state index in [0.29, 0.717) is 24.1 Å². The largest absolute Gasteiger partial charge is 0.756 e. The van der Waals surface area contributed by atoms with E-state index < -0.39 is 13.9 Å². The van der Waals surface area contributed by atoms with E-state index in [4.69, 9.17) is 18.5 Å². The summed E-state index contributed by atoms with van der Waals surface area (Å²) in [6.45, 7) is 5.27. The lowest BCUT2D eigenvalue weighted by Gasteiger charge is -2.28. The van der Waals surface area contributed by atoms with Crippen LogP contribution in [0.5, 0.6) is 0 Å². The molecule has 2 unspecified atom stereocenters. The van der Waals surface area contributed by atoms with E-state index in [1.165, 1.54) is 135 Å². The van der Waals surface area contributed by atoms with Gasteiger partial charge in [0.15, 0.2) is 0 Å². The maximum Gasteiger partial charge on any atom is 0.306 e. The molecule has 0 aromatic carbocycles. The van der Waals surface area contributed by atoms with Crippen LogP contribution in [0, 0.1) is 0 Å². The van der Waals surface area contributed by atoms with Crippen molar-refractivity contribution in [1.29, 1.82) is 0 Å². The van der Waals surface area contributed by atoms with E-state index in [0.717, 1.165) is 83.5 Å². The van der Waals surface area contributed by atoms with Gasteiger partial charge in [-0.2, -0.15) is 0 Å². The maximum absolute atomic E-state index is 12.8. The first-order chi connectivity index (χ1) is 32.1. The van der Waals surface area contributed by atoms with Crippen LogP contribution in [0.3, 0.4) is 0 Å². The second-order valence-electron chi connectivity index (χ2n) is 19.6. The number of carbonyl (C=O) groups excluding carboxylic acids is 1. The molecule has 0 spiro atoms. The summed E-state index contributed by atoms with van der Waals surface area (Å²) < 4.78 is 34.8. The van der Waals surface area contributed by atoms with Gasteiger partial charge < -0.3 is 27.9 Å².